The monoisotopic (exact) mass is 418 g/mol. The Morgan fingerprint density at radius 3 is 2.32 bits per heavy atom. The van der Waals surface area contributed by atoms with Crippen LogP contribution in [0.15, 0.2) is 42.5 Å². The van der Waals surface area contributed by atoms with E-state index in [0.29, 0.717) is 5.92 Å². The van der Waals surface area contributed by atoms with Crippen LogP contribution in [0.25, 0.3) is 11.1 Å². The fourth-order valence-corrected chi connectivity index (χ4v) is 5.55. The highest BCUT2D eigenvalue weighted by molar-refractivity contribution is 5.94. The molecule has 4 rings (SSSR count). The number of aryl methyl sites for hydroxylation is 1. The van der Waals surface area contributed by atoms with E-state index in [4.69, 9.17) is 4.74 Å². The highest BCUT2D eigenvalue weighted by atomic mass is 16.5. The van der Waals surface area contributed by atoms with Crippen LogP contribution in [0.5, 0.6) is 0 Å². The van der Waals surface area contributed by atoms with Crippen LogP contribution < -0.4 is 0 Å². The van der Waals surface area contributed by atoms with E-state index in [0.717, 1.165) is 35.4 Å². The third-order valence-electron chi connectivity index (χ3n) is 7.48. The molecule has 1 saturated carbocycles. The van der Waals surface area contributed by atoms with Crippen molar-refractivity contribution >= 4 is 5.97 Å². The number of benzene rings is 2. The van der Waals surface area contributed by atoms with Crippen molar-refractivity contribution in [3.8, 4) is 11.1 Å². The van der Waals surface area contributed by atoms with Gasteiger partial charge in [0.25, 0.3) is 0 Å². The van der Waals surface area contributed by atoms with Crippen molar-refractivity contribution in [1.82, 2.24) is 0 Å². The van der Waals surface area contributed by atoms with Gasteiger partial charge in [-0.05, 0) is 65.8 Å². The largest absolute Gasteiger partial charge is 0.458 e. The van der Waals surface area contributed by atoms with E-state index < -0.39 is 0 Å². The molecule has 0 spiro atoms. The minimum atomic E-state index is -0.125. The predicted molar refractivity (Wildman–Crippen MR) is 128 cm³/mol. The highest BCUT2D eigenvalue weighted by Gasteiger charge is 2.34. The molecule has 1 atom stereocenters. The number of carbonyl (C=O) groups is 1. The van der Waals surface area contributed by atoms with Crippen LogP contribution in [0.1, 0.15) is 93.1 Å². The maximum absolute atomic E-state index is 12.9. The van der Waals surface area contributed by atoms with Gasteiger partial charge in [0.2, 0.25) is 0 Å². The smallest absolute Gasteiger partial charge is 0.338 e. The second-order valence-electron chi connectivity index (χ2n) is 9.74. The van der Waals surface area contributed by atoms with Gasteiger partial charge in [-0.3, -0.25) is 0 Å². The van der Waals surface area contributed by atoms with Gasteiger partial charge < -0.3 is 4.74 Å². The van der Waals surface area contributed by atoms with Gasteiger partial charge in [0.15, 0.2) is 0 Å². The third-order valence-corrected chi connectivity index (χ3v) is 7.48. The maximum Gasteiger partial charge on any atom is 0.338 e. The van der Waals surface area contributed by atoms with Gasteiger partial charge in [-0.1, -0.05) is 88.8 Å². The quantitative estimate of drug-likeness (QED) is 0.323. The summed E-state index contributed by atoms with van der Waals surface area (Å²) in [6.45, 7) is 4.52. The van der Waals surface area contributed by atoms with Crippen LogP contribution in [-0.4, -0.2) is 12.1 Å². The Balaban J connectivity index is 1.42. The summed E-state index contributed by atoms with van der Waals surface area (Å²) < 4.78 is 5.97. The van der Waals surface area contributed by atoms with Gasteiger partial charge in [0.05, 0.1) is 5.56 Å². The molecule has 1 fully saturated rings. The van der Waals surface area contributed by atoms with E-state index in [1.165, 1.54) is 68.9 Å². The Kier molecular flexibility index (Phi) is 7.48. The molecule has 0 N–H and O–H groups in total. The van der Waals surface area contributed by atoms with Gasteiger partial charge in [-0.25, -0.2) is 4.79 Å². The molecule has 1 heterocycles. The van der Waals surface area contributed by atoms with Crippen molar-refractivity contribution in [1.29, 1.82) is 0 Å². The topological polar surface area (TPSA) is 26.3 Å². The van der Waals surface area contributed by atoms with E-state index >= 15 is 0 Å². The molecule has 2 aliphatic rings. The predicted octanol–water partition coefficient (Wildman–Crippen LogP) is 7.77. The molecule has 0 radical (unpaired) electrons. The van der Waals surface area contributed by atoms with Crippen molar-refractivity contribution in [2.45, 2.75) is 90.6 Å². The fourth-order valence-electron chi connectivity index (χ4n) is 5.55. The number of hydrogen-bond donors (Lipinski definition) is 0. The zero-order valence-corrected chi connectivity index (χ0v) is 19.4. The van der Waals surface area contributed by atoms with Crippen LogP contribution in [0.3, 0.4) is 0 Å². The number of carbonyl (C=O) groups excluding carboxylic acids is 1. The lowest BCUT2D eigenvalue weighted by atomic mass is 9.76. The molecule has 1 aliphatic heterocycles. The zero-order chi connectivity index (χ0) is 21.6. The van der Waals surface area contributed by atoms with Crippen molar-refractivity contribution < 1.29 is 9.53 Å². The fraction of sp³-hybridized carbons (Fsp3) is 0.552. The SMILES string of the molecule is CCCCCc1ccc(-c2ccc3c(c2)C(=O)OC(C2CCC(CCC)CC2)C3)cc1. The Morgan fingerprint density at radius 2 is 1.61 bits per heavy atom. The van der Waals surface area contributed by atoms with Crippen LogP contribution >= 0.6 is 0 Å². The second-order valence-corrected chi connectivity index (χ2v) is 9.74. The first-order valence-electron chi connectivity index (χ1n) is 12.6. The number of rotatable bonds is 8. The number of ether oxygens (including phenoxy) is 1. The molecule has 1 unspecified atom stereocenters. The molecular formula is C29H38O2. The molecule has 0 aromatic heterocycles. The first-order valence-corrected chi connectivity index (χ1v) is 12.6. The zero-order valence-electron chi connectivity index (χ0n) is 19.4. The van der Waals surface area contributed by atoms with Gasteiger partial charge in [0.1, 0.15) is 6.10 Å². The van der Waals surface area contributed by atoms with Crippen LogP contribution in [-0.2, 0) is 17.6 Å². The van der Waals surface area contributed by atoms with Gasteiger partial charge in [-0.15, -0.1) is 0 Å². The molecule has 31 heavy (non-hydrogen) atoms. The average Bonchev–Trinajstić information content (AvgIpc) is 2.80. The lowest BCUT2D eigenvalue weighted by Gasteiger charge is -2.36. The summed E-state index contributed by atoms with van der Waals surface area (Å²) >= 11 is 0. The van der Waals surface area contributed by atoms with Crippen LogP contribution in [0.4, 0.5) is 0 Å². The van der Waals surface area contributed by atoms with E-state index in [1.54, 1.807) is 0 Å². The molecule has 2 aromatic carbocycles. The Hall–Kier alpha value is -2.09. The molecule has 0 bridgehead atoms. The summed E-state index contributed by atoms with van der Waals surface area (Å²) in [6.07, 6.45) is 13.5. The normalized spacial score (nSPS) is 23.3. The molecule has 0 saturated heterocycles. The van der Waals surface area contributed by atoms with Gasteiger partial charge in [-0.2, -0.15) is 0 Å². The summed E-state index contributed by atoms with van der Waals surface area (Å²) in [7, 11) is 0. The molecular weight excluding hydrogens is 380 g/mol. The minimum Gasteiger partial charge on any atom is -0.458 e. The summed E-state index contributed by atoms with van der Waals surface area (Å²) in [4.78, 5) is 12.9. The molecule has 1 aliphatic carbocycles. The first kappa shape index (κ1) is 22.1. The number of fused-ring (bicyclic) bond motifs is 1. The first-order chi connectivity index (χ1) is 15.2. The Bertz CT molecular complexity index is 859. The van der Waals surface area contributed by atoms with Crippen LogP contribution in [0, 0.1) is 11.8 Å². The summed E-state index contributed by atoms with van der Waals surface area (Å²) in [5.74, 6) is 1.29. The average molecular weight is 419 g/mol. The Labute approximate surface area is 188 Å². The lowest BCUT2D eigenvalue weighted by molar-refractivity contribution is -0.000254. The van der Waals surface area contributed by atoms with Crippen molar-refractivity contribution in [3.05, 3.63) is 59.2 Å². The molecule has 2 nitrogen and oxygen atoms in total. The van der Waals surface area contributed by atoms with Gasteiger partial charge >= 0.3 is 5.97 Å². The van der Waals surface area contributed by atoms with E-state index in [1.807, 2.05) is 6.07 Å². The van der Waals surface area contributed by atoms with Crippen molar-refractivity contribution in [3.63, 3.8) is 0 Å². The minimum absolute atomic E-state index is 0.0656. The number of hydrogen-bond acceptors (Lipinski definition) is 2. The van der Waals surface area contributed by atoms with Crippen molar-refractivity contribution in [2.24, 2.45) is 11.8 Å². The molecule has 166 valence electrons. The van der Waals surface area contributed by atoms with E-state index in [-0.39, 0.29) is 12.1 Å². The molecule has 0 amide bonds. The standard InChI is InChI=1S/C29H38O2/c1-3-5-6-8-22-9-13-23(14-10-22)25-17-18-26-20-28(31-29(30)27(26)19-25)24-15-11-21(7-4-2)12-16-24/h9-10,13-14,17-19,21,24,28H,3-8,11-12,15-16,20H2,1-2H3. The summed E-state index contributed by atoms with van der Waals surface area (Å²) in [5.41, 5.74) is 5.60. The van der Waals surface area contributed by atoms with Gasteiger partial charge in [0, 0.05) is 6.42 Å². The second kappa shape index (κ2) is 10.5. The van der Waals surface area contributed by atoms with E-state index in [2.05, 4.69) is 50.2 Å². The molecule has 2 heteroatoms. The van der Waals surface area contributed by atoms with Crippen molar-refractivity contribution in [2.75, 3.05) is 0 Å². The number of unbranched alkanes of at least 4 members (excludes halogenated alkanes) is 2. The van der Waals surface area contributed by atoms with Crippen LogP contribution in [0.2, 0.25) is 0 Å². The van der Waals surface area contributed by atoms with E-state index in [9.17, 15) is 4.79 Å². The lowest BCUT2D eigenvalue weighted by Crippen LogP contribution is -2.36. The highest BCUT2D eigenvalue weighted by Crippen LogP contribution is 2.37. The Morgan fingerprint density at radius 1 is 0.871 bits per heavy atom. The number of esters is 1. The maximum atomic E-state index is 12.9. The molecule has 2 aromatic rings. The summed E-state index contributed by atoms with van der Waals surface area (Å²) in [6, 6.07) is 15.2. The third kappa shape index (κ3) is 5.40. The number of cyclic esters (lactones) is 1. The summed E-state index contributed by atoms with van der Waals surface area (Å²) in [5, 5.41) is 0.